The smallest absolute Gasteiger partial charge is 0.274 e. The summed E-state index contributed by atoms with van der Waals surface area (Å²) in [6, 6.07) is 9.00. The molecule has 0 amide bonds. The van der Waals surface area contributed by atoms with Gasteiger partial charge in [-0.15, -0.1) is 0 Å². The van der Waals surface area contributed by atoms with Crippen LogP contribution in [0.3, 0.4) is 0 Å². The van der Waals surface area contributed by atoms with E-state index in [1.165, 1.54) is 0 Å². The molecule has 1 unspecified atom stereocenters. The third-order valence-electron chi connectivity index (χ3n) is 2.58. The predicted molar refractivity (Wildman–Crippen MR) is 63.7 cm³/mol. The van der Waals surface area contributed by atoms with Crippen molar-refractivity contribution in [2.24, 2.45) is 0 Å². The van der Waals surface area contributed by atoms with E-state index >= 15 is 0 Å². The molecule has 1 fully saturated rings. The van der Waals surface area contributed by atoms with Gasteiger partial charge < -0.3 is 4.74 Å². The second-order valence-electron chi connectivity index (χ2n) is 4.08. The van der Waals surface area contributed by atoms with Crippen molar-refractivity contribution < 1.29 is 17.3 Å². The molecule has 0 saturated carbocycles. The minimum absolute atomic E-state index is 0.103. The third kappa shape index (κ3) is 4.11. The van der Waals surface area contributed by atoms with Gasteiger partial charge >= 0.3 is 0 Å². The molecule has 1 atom stereocenters. The molecule has 5 heteroatoms. The molecule has 4 nitrogen and oxygen atoms in total. The molecule has 2 rings (SSSR count). The zero-order valence-electron chi connectivity index (χ0n) is 9.54. The van der Waals surface area contributed by atoms with Crippen LogP contribution in [0.5, 0.6) is 0 Å². The Labute approximate surface area is 102 Å². The Morgan fingerprint density at radius 3 is 2.65 bits per heavy atom. The van der Waals surface area contributed by atoms with Gasteiger partial charge in [0.2, 0.25) is 0 Å². The Bertz CT molecular complexity index is 435. The summed E-state index contributed by atoms with van der Waals surface area (Å²) in [5.74, 6) is -0.103. The number of ether oxygens (including phenoxy) is 1. The van der Waals surface area contributed by atoms with Crippen LogP contribution in [0.4, 0.5) is 0 Å². The molecule has 1 aliphatic rings. The Morgan fingerprint density at radius 2 is 2.00 bits per heavy atom. The molecular formula is C12H16O4S. The van der Waals surface area contributed by atoms with Gasteiger partial charge in [0.05, 0.1) is 0 Å². The van der Waals surface area contributed by atoms with E-state index in [4.69, 9.17) is 8.92 Å². The molecule has 17 heavy (non-hydrogen) atoms. The van der Waals surface area contributed by atoms with E-state index in [9.17, 15) is 8.42 Å². The maximum Gasteiger partial charge on any atom is 0.274 e. The minimum atomic E-state index is -3.56. The Morgan fingerprint density at radius 1 is 1.24 bits per heavy atom. The summed E-state index contributed by atoms with van der Waals surface area (Å²) in [4.78, 5) is 0. The first-order valence-electron chi connectivity index (χ1n) is 5.72. The van der Waals surface area contributed by atoms with Crippen LogP contribution < -0.4 is 0 Å². The Balaban J connectivity index is 1.94. The Hall–Kier alpha value is -0.910. The largest absolute Gasteiger partial charge is 0.351 e. The van der Waals surface area contributed by atoms with Crippen molar-refractivity contribution in [1.82, 2.24) is 0 Å². The van der Waals surface area contributed by atoms with E-state index in [1.54, 1.807) is 12.1 Å². The quantitative estimate of drug-likeness (QED) is 0.774. The highest BCUT2D eigenvalue weighted by Gasteiger charge is 2.22. The van der Waals surface area contributed by atoms with Gasteiger partial charge in [-0.25, -0.2) is 4.18 Å². The molecule has 94 valence electrons. The maximum atomic E-state index is 11.8. The van der Waals surface area contributed by atoms with Crippen LogP contribution in [0.15, 0.2) is 30.3 Å². The van der Waals surface area contributed by atoms with E-state index in [0.29, 0.717) is 13.0 Å². The van der Waals surface area contributed by atoms with Crippen molar-refractivity contribution in [3.05, 3.63) is 35.9 Å². The molecular weight excluding hydrogens is 240 g/mol. The minimum Gasteiger partial charge on any atom is -0.351 e. The van der Waals surface area contributed by atoms with Crippen molar-refractivity contribution in [3.8, 4) is 0 Å². The highest BCUT2D eigenvalue weighted by Crippen LogP contribution is 2.18. The van der Waals surface area contributed by atoms with Gasteiger partial charge in [-0.1, -0.05) is 30.3 Å². The highest BCUT2D eigenvalue weighted by atomic mass is 32.2. The topological polar surface area (TPSA) is 52.6 Å². The second kappa shape index (κ2) is 5.62. The average Bonchev–Trinajstić information content (AvgIpc) is 2.30. The molecule has 0 radical (unpaired) electrons. The molecule has 1 heterocycles. The predicted octanol–water partition coefficient (Wildman–Crippen LogP) is 2.06. The molecule has 1 aliphatic heterocycles. The van der Waals surface area contributed by atoms with E-state index in [0.717, 1.165) is 18.4 Å². The molecule has 0 N–H and O–H groups in total. The molecule has 1 aromatic rings. The molecule has 0 bridgehead atoms. The van der Waals surface area contributed by atoms with E-state index in [-0.39, 0.29) is 5.75 Å². The van der Waals surface area contributed by atoms with Gasteiger partial charge in [0.1, 0.15) is 5.75 Å². The summed E-state index contributed by atoms with van der Waals surface area (Å²) in [5.41, 5.74) is 0.725. The van der Waals surface area contributed by atoms with Gasteiger partial charge in [-0.2, -0.15) is 8.42 Å². The van der Waals surface area contributed by atoms with Crippen LogP contribution >= 0.6 is 0 Å². The van der Waals surface area contributed by atoms with Crippen molar-refractivity contribution >= 4 is 10.1 Å². The first kappa shape index (κ1) is 12.5. The summed E-state index contributed by atoms with van der Waals surface area (Å²) < 4.78 is 33.8. The SMILES string of the molecule is O=S(=O)(Cc1ccccc1)OC1CCCCO1. The van der Waals surface area contributed by atoms with Crippen molar-refractivity contribution in [3.63, 3.8) is 0 Å². The number of benzene rings is 1. The van der Waals surface area contributed by atoms with Crippen molar-refractivity contribution in [2.45, 2.75) is 31.3 Å². The van der Waals surface area contributed by atoms with Gasteiger partial charge in [-0.05, 0) is 24.8 Å². The fourth-order valence-electron chi connectivity index (χ4n) is 1.76. The third-order valence-corrected chi connectivity index (χ3v) is 3.77. The molecule has 0 aromatic heterocycles. The van der Waals surface area contributed by atoms with Crippen LogP contribution in [0, 0.1) is 0 Å². The lowest BCUT2D eigenvalue weighted by Crippen LogP contribution is -2.26. The van der Waals surface area contributed by atoms with Crippen LogP contribution in [0.25, 0.3) is 0 Å². The lowest BCUT2D eigenvalue weighted by Gasteiger charge is -2.21. The first-order valence-corrected chi connectivity index (χ1v) is 7.30. The second-order valence-corrected chi connectivity index (χ2v) is 5.68. The van der Waals surface area contributed by atoms with Gasteiger partial charge in [-0.3, -0.25) is 0 Å². The fourth-order valence-corrected chi connectivity index (χ4v) is 2.91. The summed E-state index contributed by atoms with van der Waals surface area (Å²) in [6.07, 6.45) is 1.97. The zero-order chi connectivity index (χ0) is 12.1. The van der Waals surface area contributed by atoms with Gasteiger partial charge in [0.25, 0.3) is 10.1 Å². The molecule has 1 saturated heterocycles. The highest BCUT2D eigenvalue weighted by molar-refractivity contribution is 7.85. The number of hydrogen-bond donors (Lipinski definition) is 0. The molecule has 1 aromatic carbocycles. The van der Waals surface area contributed by atoms with Crippen LogP contribution in [-0.4, -0.2) is 21.3 Å². The molecule has 0 spiro atoms. The summed E-state index contributed by atoms with van der Waals surface area (Å²) in [7, 11) is -3.56. The summed E-state index contributed by atoms with van der Waals surface area (Å²) in [6.45, 7) is 0.575. The van der Waals surface area contributed by atoms with E-state index in [1.807, 2.05) is 18.2 Å². The maximum absolute atomic E-state index is 11.8. The lowest BCUT2D eigenvalue weighted by molar-refractivity contribution is -0.102. The lowest BCUT2D eigenvalue weighted by atomic mass is 10.2. The standard InChI is InChI=1S/C12H16O4S/c13-17(14,10-11-6-2-1-3-7-11)16-12-8-4-5-9-15-12/h1-3,6-7,12H,4-5,8-10H2. The summed E-state index contributed by atoms with van der Waals surface area (Å²) in [5, 5.41) is 0. The van der Waals surface area contributed by atoms with Crippen LogP contribution in [0.2, 0.25) is 0 Å². The van der Waals surface area contributed by atoms with Gasteiger partial charge in [0.15, 0.2) is 6.29 Å². The monoisotopic (exact) mass is 256 g/mol. The zero-order valence-corrected chi connectivity index (χ0v) is 10.4. The average molecular weight is 256 g/mol. The first-order chi connectivity index (χ1) is 8.16. The number of rotatable bonds is 4. The normalized spacial score (nSPS) is 21.3. The van der Waals surface area contributed by atoms with E-state index < -0.39 is 16.4 Å². The van der Waals surface area contributed by atoms with Crippen LogP contribution in [-0.2, 0) is 24.8 Å². The number of hydrogen-bond acceptors (Lipinski definition) is 4. The fraction of sp³-hybridized carbons (Fsp3) is 0.500. The van der Waals surface area contributed by atoms with E-state index in [2.05, 4.69) is 0 Å². The molecule has 0 aliphatic carbocycles. The van der Waals surface area contributed by atoms with Crippen molar-refractivity contribution in [1.29, 1.82) is 0 Å². The van der Waals surface area contributed by atoms with Gasteiger partial charge in [0, 0.05) is 6.61 Å². The van der Waals surface area contributed by atoms with Crippen LogP contribution in [0.1, 0.15) is 24.8 Å². The Kier molecular flexibility index (Phi) is 4.15. The van der Waals surface area contributed by atoms with Crippen molar-refractivity contribution in [2.75, 3.05) is 6.61 Å². The summed E-state index contributed by atoms with van der Waals surface area (Å²) >= 11 is 0.